The van der Waals surface area contributed by atoms with Crippen LogP contribution < -0.4 is 4.74 Å². The Hall–Kier alpha value is -1.59. The van der Waals surface area contributed by atoms with E-state index in [1.165, 1.54) is 0 Å². The minimum Gasteiger partial charge on any atom is -0.483 e. The second kappa shape index (κ2) is 6.72. The van der Waals surface area contributed by atoms with Gasteiger partial charge in [0.1, 0.15) is 5.75 Å². The molecule has 1 heterocycles. The summed E-state index contributed by atoms with van der Waals surface area (Å²) < 4.78 is 5.58. The van der Waals surface area contributed by atoms with Gasteiger partial charge < -0.3 is 19.6 Å². The van der Waals surface area contributed by atoms with Crippen LogP contribution in [0.4, 0.5) is 0 Å². The first-order chi connectivity index (χ1) is 9.58. The van der Waals surface area contributed by atoms with Gasteiger partial charge in [0.25, 0.3) is 5.91 Å². The zero-order valence-electron chi connectivity index (χ0n) is 12.1. The van der Waals surface area contributed by atoms with Gasteiger partial charge in [-0.05, 0) is 20.0 Å². The van der Waals surface area contributed by atoms with Gasteiger partial charge in [-0.25, -0.2) is 0 Å². The Morgan fingerprint density at radius 3 is 2.60 bits per heavy atom. The Kier molecular flexibility index (Phi) is 4.98. The van der Waals surface area contributed by atoms with E-state index < -0.39 is 6.10 Å². The van der Waals surface area contributed by atoms with Gasteiger partial charge in [0, 0.05) is 31.7 Å². The Balaban J connectivity index is 1.90. The van der Waals surface area contributed by atoms with Gasteiger partial charge in [0.05, 0.1) is 6.10 Å². The Morgan fingerprint density at radius 2 is 1.95 bits per heavy atom. The number of hydrogen-bond acceptors (Lipinski definition) is 4. The molecular weight excluding hydrogens is 256 g/mol. The largest absolute Gasteiger partial charge is 0.483 e. The van der Waals surface area contributed by atoms with Gasteiger partial charge >= 0.3 is 0 Å². The van der Waals surface area contributed by atoms with Crippen molar-refractivity contribution in [1.82, 2.24) is 9.80 Å². The van der Waals surface area contributed by atoms with Gasteiger partial charge in [0.15, 0.2) is 6.61 Å². The fourth-order valence-electron chi connectivity index (χ4n) is 2.24. The molecule has 1 aliphatic rings. The number of nitrogens with zero attached hydrogens (tertiary/aromatic N) is 2. The van der Waals surface area contributed by atoms with Crippen molar-refractivity contribution < 1.29 is 14.6 Å². The molecule has 1 amide bonds. The molecule has 1 aromatic rings. The molecule has 5 heteroatoms. The lowest BCUT2D eigenvalue weighted by atomic mass is 10.1. The first-order valence-corrected chi connectivity index (χ1v) is 6.94. The van der Waals surface area contributed by atoms with E-state index in [1.807, 2.05) is 17.0 Å². The van der Waals surface area contributed by atoms with Crippen LogP contribution in [0.15, 0.2) is 24.3 Å². The maximum atomic E-state index is 12.1. The van der Waals surface area contributed by atoms with E-state index in [0.717, 1.165) is 26.2 Å². The lowest BCUT2D eigenvalue weighted by Crippen LogP contribution is -2.48. The quantitative estimate of drug-likeness (QED) is 0.889. The van der Waals surface area contributed by atoms with E-state index in [4.69, 9.17) is 4.74 Å². The third kappa shape index (κ3) is 3.71. The molecule has 5 nitrogen and oxygen atoms in total. The molecule has 1 fully saturated rings. The molecule has 0 saturated carbocycles. The summed E-state index contributed by atoms with van der Waals surface area (Å²) in [5.74, 6) is 0.573. The zero-order valence-corrected chi connectivity index (χ0v) is 12.1. The molecule has 1 aromatic carbocycles. The number of hydrogen-bond donors (Lipinski definition) is 1. The van der Waals surface area contributed by atoms with Gasteiger partial charge in [-0.2, -0.15) is 0 Å². The second-order valence-corrected chi connectivity index (χ2v) is 5.19. The van der Waals surface area contributed by atoms with Crippen LogP contribution >= 0.6 is 0 Å². The van der Waals surface area contributed by atoms with Crippen molar-refractivity contribution in [2.24, 2.45) is 0 Å². The van der Waals surface area contributed by atoms with Crippen LogP contribution in [-0.2, 0) is 4.79 Å². The minimum atomic E-state index is -0.607. The summed E-state index contributed by atoms with van der Waals surface area (Å²) in [6, 6.07) is 7.26. The maximum Gasteiger partial charge on any atom is 0.260 e. The number of rotatable bonds is 4. The molecule has 1 N–H and O–H groups in total. The summed E-state index contributed by atoms with van der Waals surface area (Å²) >= 11 is 0. The van der Waals surface area contributed by atoms with E-state index in [9.17, 15) is 9.90 Å². The van der Waals surface area contributed by atoms with E-state index >= 15 is 0 Å². The monoisotopic (exact) mass is 278 g/mol. The third-order valence-corrected chi connectivity index (χ3v) is 3.58. The number of carbonyl (C=O) groups excluding carboxylic acids is 1. The standard InChI is InChI=1S/C15H22N2O3/c1-12(18)13-5-3-4-6-14(13)20-11-15(19)17-9-7-16(2)8-10-17/h3-6,12,18H,7-11H2,1-2H3/t12-/m1/s1. The number of aliphatic hydroxyl groups excluding tert-OH is 1. The highest BCUT2D eigenvalue weighted by Gasteiger charge is 2.19. The normalized spacial score (nSPS) is 17.9. The summed E-state index contributed by atoms with van der Waals surface area (Å²) in [5, 5.41) is 9.67. The van der Waals surface area contributed by atoms with Crippen LogP contribution in [0.2, 0.25) is 0 Å². The van der Waals surface area contributed by atoms with Crippen LogP contribution in [0.5, 0.6) is 5.75 Å². The summed E-state index contributed by atoms with van der Waals surface area (Å²) in [4.78, 5) is 16.1. The predicted molar refractivity (Wildman–Crippen MR) is 76.6 cm³/mol. The van der Waals surface area contributed by atoms with Crippen LogP contribution in [0.25, 0.3) is 0 Å². The topological polar surface area (TPSA) is 53.0 Å². The number of para-hydroxylation sites is 1. The van der Waals surface area contributed by atoms with Crippen LogP contribution in [0.1, 0.15) is 18.6 Å². The highest BCUT2D eigenvalue weighted by molar-refractivity contribution is 5.78. The van der Waals surface area contributed by atoms with Crippen LogP contribution in [0, 0.1) is 0 Å². The van der Waals surface area contributed by atoms with Crippen molar-refractivity contribution >= 4 is 5.91 Å². The number of amides is 1. The fraction of sp³-hybridized carbons (Fsp3) is 0.533. The number of aliphatic hydroxyl groups is 1. The van der Waals surface area contributed by atoms with Crippen molar-refractivity contribution in [2.75, 3.05) is 39.8 Å². The van der Waals surface area contributed by atoms with Crippen LogP contribution in [0.3, 0.4) is 0 Å². The smallest absolute Gasteiger partial charge is 0.260 e. The SMILES string of the molecule is C[C@@H](O)c1ccccc1OCC(=O)N1CCN(C)CC1. The van der Waals surface area contributed by atoms with E-state index in [-0.39, 0.29) is 12.5 Å². The van der Waals surface area contributed by atoms with Gasteiger partial charge in [0.2, 0.25) is 0 Å². The Bertz CT molecular complexity index is 454. The van der Waals surface area contributed by atoms with E-state index in [0.29, 0.717) is 11.3 Å². The first kappa shape index (κ1) is 14.8. The second-order valence-electron chi connectivity index (χ2n) is 5.19. The van der Waals surface area contributed by atoms with E-state index in [1.54, 1.807) is 19.1 Å². The van der Waals surface area contributed by atoms with Gasteiger partial charge in [-0.3, -0.25) is 4.79 Å². The molecule has 0 aromatic heterocycles. The zero-order chi connectivity index (χ0) is 14.5. The number of piperazine rings is 1. The first-order valence-electron chi connectivity index (χ1n) is 6.94. The predicted octanol–water partition coefficient (Wildman–Crippen LogP) is 0.893. The lowest BCUT2D eigenvalue weighted by molar-refractivity contribution is -0.134. The molecule has 1 aliphatic heterocycles. The Morgan fingerprint density at radius 1 is 1.30 bits per heavy atom. The number of ether oxygens (including phenoxy) is 1. The molecule has 0 spiro atoms. The molecular formula is C15H22N2O3. The van der Waals surface area contributed by atoms with Crippen LogP contribution in [-0.4, -0.2) is 60.6 Å². The highest BCUT2D eigenvalue weighted by atomic mass is 16.5. The number of carbonyl (C=O) groups is 1. The molecule has 110 valence electrons. The van der Waals surface area contributed by atoms with Crippen molar-refractivity contribution in [1.29, 1.82) is 0 Å². The average Bonchev–Trinajstić information content (AvgIpc) is 2.45. The fourth-order valence-corrected chi connectivity index (χ4v) is 2.24. The minimum absolute atomic E-state index is 0.00139. The van der Waals surface area contributed by atoms with Gasteiger partial charge in [-0.1, -0.05) is 18.2 Å². The molecule has 0 aliphatic carbocycles. The summed E-state index contributed by atoms with van der Waals surface area (Å²) in [6.45, 7) is 5.00. The molecule has 0 radical (unpaired) electrons. The lowest BCUT2D eigenvalue weighted by Gasteiger charge is -2.32. The Labute approximate surface area is 119 Å². The molecule has 20 heavy (non-hydrogen) atoms. The number of likely N-dealkylation sites (N-methyl/N-ethyl adjacent to an activating group) is 1. The maximum absolute atomic E-state index is 12.1. The number of benzene rings is 1. The van der Waals surface area contributed by atoms with Crippen molar-refractivity contribution in [3.63, 3.8) is 0 Å². The summed E-state index contributed by atoms with van der Waals surface area (Å²) in [7, 11) is 2.05. The molecule has 1 atom stereocenters. The van der Waals surface area contributed by atoms with Gasteiger partial charge in [-0.15, -0.1) is 0 Å². The molecule has 1 saturated heterocycles. The van der Waals surface area contributed by atoms with Crippen molar-refractivity contribution in [2.45, 2.75) is 13.0 Å². The highest BCUT2D eigenvalue weighted by Crippen LogP contribution is 2.24. The summed E-state index contributed by atoms with van der Waals surface area (Å²) in [6.07, 6.45) is -0.607. The summed E-state index contributed by atoms with van der Waals surface area (Å²) in [5.41, 5.74) is 0.707. The third-order valence-electron chi connectivity index (χ3n) is 3.58. The average molecular weight is 278 g/mol. The van der Waals surface area contributed by atoms with Crippen molar-refractivity contribution in [3.8, 4) is 5.75 Å². The molecule has 2 rings (SSSR count). The molecule has 0 unspecified atom stereocenters. The van der Waals surface area contributed by atoms with Crippen molar-refractivity contribution in [3.05, 3.63) is 29.8 Å². The molecule has 0 bridgehead atoms. The van der Waals surface area contributed by atoms with E-state index in [2.05, 4.69) is 11.9 Å².